The number of hydrogen-bond donors (Lipinski definition) is 3. The molecule has 128 valence electrons. The predicted octanol–water partition coefficient (Wildman–Crippen LogP) is 0.135. The van der Waals surface area contributed by atoms with Gasteiger partial charge in [-0.05, 0) is 20.8 Å². The Hall–Kier alpha value is -2.58. The minimum absolute atomic E-state index is 0.199. The Morgan fingerprint density at radius 3 is 2.57 bits per heavy atom. The average Bonchev–Trinajstić information content (AvgIpc) is 2.94. The largest absolute Gasteiger partial charge is 0.467 e. The molecule has 0 radical (unpaired) electrons. The molecule has 23 heavy (non-hydrogen) atoms. The molecule has 0 saturated heterocycles. The molecule has 1 heterocycles. The summed E-state index contributed by atoms with van der Waals surface area (Å²) in [5, 5.41) is 4.81. The smallest absolute Gasteiger partial charge is 0.408 e. The number of methoxy groups -OCH3 is 1. The van der Waals surface area contributed by atoms with Gasteiger partial charge in [-0.1, -0.05) is 0 Å². The number of aromatic amines is 1. The molecule has 1 rings (SSSR count). The van der Waals surface area contributed by atoms with Crippen LogP contribution in [0.2, 0.25) is 0 Å². The molecule has 0 aliphatic heterocycles. The van der Waals surface area contributed by atoms with Crippen molar-refractivity contribution >= 4 is 18.0 Å². The summed E-state index contributed by atoms with van der Waals surface area (Å²) >= 11 is 0. The summed E-state index contributed by atoms with van der Waals surface area (Å²) in [6.45, 7) is 4.82. The van der Waals surface area contributed by atoms with Gasteiger partial charge in [0.1, 0.15) is 18.2 Å². The molecule has 1 aromatic heterocycles. The number of imidazole rings is 1. The van der Waals surface area contributed by atoms with Gasteiger partial charge in [-0.3, -0.25) is 4.79 Å². The van der Waals surface area contributed by atoms with Crippen LogP contribution in [0.5, 0.6) is 0 Å². The van der Waals surface area contributed by atoms with Crippen molar-refractivity contribution in [2.45, 2.75) is 38.8 Å². The average molecular weight is 326 g/mol. The molecule has 0 aliphatic rings. The lowest BCUT2D eigenvalue weighted by atomic mass is 10.1. The summed E-state index contributed by atoms with van der Waals surface area (Å²) in [5.74, 6) is -1.13. The monoisotopic (exact) mass is 326 g/mol. The maximum Gasteiger partial charge on any atom is 0.408 e. The minimum atomic E-state index is -0.881. The Kier molecular flexibility index (Phi) is 6.55. The molecule has 0 unspecified atom stereocenters. The van der Waals surface area contributed by atoms with Crippen LogP contribution in [0.3, 0.4) is 0 Å². The zero-order valence-electron chi connectivity index (χ0n) is 13.6. The van der Waals surface area contributed by atoms with E-state index >= 15 is 0 Å². The molecule has 0 bridgehead atoms. The lowest BCUT2D eigenvalue weighted by molar-refractivity contribution is -0.144. The number of carbonyl (C=O) groups is 3. The SMILES string of the molecule is COC(=O)[C@H](Cc1cnc[nH]1)NC(=O)CNC(=O)OC(C)(C)C. The first kappa shape index (κ1) is 18.5. The minimum Gasteiger partial charge on any atom is -0.467 e. The van der Waals surface area contributed by atoms with Crippen LogP contribution in [0.4, 0.5) is 4.79 Å². The summed E-state index contributed by atoms with van der Waals surface area (Å²) in [4.78, 5) is 41.7. The summed E-state index contributed by atoms with van der Waals surface area (Å²) in [6, 6.07) is -0.881. The number of hydrogen-bond acceptors (Lipinski definition) is 6. The van der Waals surface area contributed by atoms with Gasteiger partial charge in [-0.2, -0.15) is 0 Å². The fourth-order valence-corrected chi connectivity index (χ4v) is 1.66. The molecule has 2 amide bonds. The number of alkyl carbamates (subject to hydrolysis) is 1. The van der Waals surface area contributed by atoms with Gasteiger partial charge in [0, 0.05) is 18.3 Å². The summed E-state index contributed by atoms with van der Waals surface area (Å²) in [5.41, 5.74) is 0.0104. The molecule has 9 nitrogen and oxygen atoms in total. The van der Waals surface area contributed by atoms with Gasteiger partial charge in [0.05, 0.1) is 13.4 Å². The highest BCUT2D eigenvalue weighted by molar-refractivity contribution is 5.87. The van der Waals surface area contributed by atoms with Gasteiger partial charge in [0.15, 0.2) is 0 Å². The van der Waals surface area contributed by atoms with E-state index in [1.54, 1.807) is 27.0 Å². The molecule has 1 atom stereocenters. The molecule has 1 aromatic rings. The molecule has 3 N–H and O–H groups in total. The molecule has 0 saturated carbocycles. The van der Waals surface area contributed by atoms with Crippen LogP contribution >= 0.6 is 0 Å². The zero-order valence-corrected chi connectivity index (χ0v) is 13.6. The molecular formula is C14H22N4O5. The van der Waals surface area contributed by atoms with Crippen LogP contribution in [0.25, 0.3) is 0 Å². The van der Waals surface area contributed by atoms with Gasteiger partial charge >= 0.3 is 12.1 Å². The lowest BCUT2D eigenvalue weighted by Gasteiger charge is -2.20. The van der Waals surface area contributed by atoms with Crippen molar-refractivity contribution in [1.29, 1.82) is 0 Å². The van der Waals surface area contributed by atoms with Crippen LogP contribution in [-0.2, 0) is 25.5 Å². The first-order valence-corrected chi connectivity index (χ1v) is 7.02. The van der Waals surface area contributed by atoms with Gasteiger partial charge in [-0.15, -0.1) is 0 Å². The van der Waals surface area contributed by atoms with Crippen molar-refractivity contribution in [1.82, 2.24) is 20.6 Å². The summed E-state index contributed by atoms with van der Waals surface area (Å²) in [7, 11) is 1.23. The van der Waals surface area contributed by atoms with Crippen molar-refractivity contribution in [3.05, 3.63) is 18.2 Å². The number of nitrogens with zero attached hydrogens (tertiary/aromatic N) is 1. The van der Waals surface area contributed by atoms with Crippen LogP contribution in [0.15, 0.2) is 12.5 Å². The predicted molar refractivity (Wildman–Crippen MR) is 80.5 cm³/mol. The standard InChI is InChI=1S/C14H22N4O5/c1-14(2,3)23-13(21)16-7-11(19)18-10(12(20)22-4)5-9-6-15-8-17-9/h6,8,10H,5,7H2,1-4H3,(H,15,17)(H,16,21)(H,18,19)/t10-/m0/s1. The first-order chi connectivity index (χ1) is 10.7. The van der Waals surface area contributed by atoms with E-state index in [1.807, 2.05) is 0 Å². The second kappa shape index (κ2) is 8.16. The molecule has 9 heteroatoms. The number of amides is 2. The number of aromatic nitrogens is 2. The Balaban J connectivity index is 2.50. The number of H-pyrrole nitrogens is 1. The van der Waals surface area contributed by atoms with Crippen molar-refractivity contribution in [3.63, 3.8) is 0 Å². The molecule has 0 fully saturated rings. The highest BCUT2D eigenvalue weighted by atomic mass is 16.6. The second-order valence-corrected chi connectivity index (χ2v) is 5.78. The number of rotatable bonds is 6. The second-order valence-electron chi connectivity index (χ2n) is 5.78. The Morgan fingerprint density at radius 2 is 2.04 bits per heavy atom. The fraction of sp³-hybridized carbons (Fsp3) is 0.571. The Bertz CT molecular complexity index is 536. The van der Waals surface area contributed by atoms with Gasteiger partial charge in [0.2, 0.25) is 5.91 Å². The number of ether oxygens (including phenoxy) is 2. The molecular weight excluding hydrogens is 304 g/mol. The summed E-state index contributed by atoms with van der Waals surface area (Å²) < 4.78 is 9.67. The quantitative estimate of drug-likeness (QED) is 0.639. The zero-order chi connectivity index (χ0) is 17.5. The molecule has 0 spiro atoms. The van der Waals surface area contributed by atoms with Crippen molar-refractivity contribution in [2.24, 2.45) is 0 Å². The molecule has 0 aromatic carbocycles. The van der Waals surface area contributed by atoms with E-state index < -0.39 is 29.6 Å². The van der Waals surface area contributed by atoms with Crippen LogP contribution in [-0.4, -0.2) is 53.2 Å². The molecule has 0 aliphatic carbocycles. The third-order valence-electron chi connectivity index (χ3n) is 2.59. The van der Waals surface area contributed by atoms with E-state index in [4.69, 9.17) is 4.74 Å². The fourth-order valence-electron chi connectivity index (χ4n) is 1.66. The van der Waals surface area contributed by atoms with E-state index in [-0.39, 0.29) is 13.0 Å². The lowest BCUT2D eigenvalue weighted by Crippen LogP contribution is -2.47. The topological polar surface area (TPSA) is 122 Å². The summed E-state index contributed by atoms with van der Waals surface area (Å²) in [6.07, 6.45) is 2.50. The maximum absolute atomic E-state index is 11.9. The van der Waals surface area contributed by atoms with Gasteiger partial charge in [-0.25, -0.2) is 14.6 Å². The van der Waals surface area contributed by atoms with Crippen molar-refractivity contribution in [3.8, 4) is 0 Å². The van der Waals surface area contributed by atoms with E-state index in [0.29, 0.717) is 5.69 Å². The van der Waals surface area contributed by atoms with Gasteiger partial charge in [0.25, 0.3) is 0 Å². The number of esters is 1. The number of carbonyl (C=O) groups excluding carboxylic acids is 3. The Labute approximate surface area is 134 Å². The highest BCUT2D eigenvalue weighted by Crippen LogP contribution is 2.06. The highest BCUT2D eigenvalue weighted by Gasteiger charge is 2.23. The van der Waals surface area contributed by atoms with E-state index in [1.165, 1.54) is 13.4 Å². The normalized spacial score (nSPS) is 12.2. The van der Waals surface area contributed by atoms with E-state index in [2.05, 4.69) is 25.3 Å². The van der Waals surface area contributed by atoms with E-state index in [9.17, 15) is 14.4 Å². The van der Waals surface area contributed by atoms with Crippen molar-refractivity contribution < 1.29 is 23.9 Å². The third kappa shape index (κ3) is 7.30. The van der Waals surface area contributed by atoms with Gasteiger partial charge < -0.3 is 25.1 Å². The number of nitrogens with one attached hydrogen (secondary N) is 3. The van der Waals surface area contributed by atoms with Crippen LogP contribution in [0, 0.1) is 0 Å². The maximum atomic E-state index is 11.9. The van der Waals surface area contributed by atoms with Crippen molar-refractivity contribution in [2.75, 3.05) is 13.7 Å². The first-order valence-electron chi connectivity index (χ1n) is 7.02. The van der Waals surface area contributed by atoms with Crippen LogP contribution in [0.1, 0.15) is 26.5 Å². The third-order valence-corrected chi connectivity index (χ3v) is 2.59. The van der Waals surface area contributed by atoms with E-state index in [0.717, 1.165) is 0 Å². The van der Waals surface area contributed by atoms with Crippen LogP contribution < -0.4 is 10.6 Å². The Morgan fingerprint density at radius 1 is 1.35 bits per heavy atom.